The summed E-state index contributed by atoms with van der Waals surface area (Å²) in [6.45, 7) is 4.55. The Kier molecular flexibility index (Phi) is 5.58. The molecule has 0 bridgehead atoms. The van der Waals surface area contributed by atoms with Gasteiger partial charge in [-0.05, 0) is 31.5 Å². The second-order valence-corrected chi connectivity index (χ2v) is 6.02. The van der Waals surface area contributed by atoms with Gasteiger partial charge in [0.15, 0.2) is 11.5 Å². The van der Waals surface area contributed by atoms with Gasteiger partial charge in [-0.25, -0.2) is 9.48 Å². The van der Waals surface area contributed by atoms with Gasteiger partial charge in [-0.2, -0.15) is 5.10 Å². The molecule has 2 aromatic carbocycles. The maximum Gasteiger partial charge on any atom is 0.348 e. The second-order valence-electron chi connectivity index (χ2n) is 5.66. The van der Waals surface area contributed by atoms with E-state index in [-0.39, 0.29) is 10.7 Å². The van der Waals surface area contributed by atoms with Gasteiger partial charge in [0.1, 0.15) is 10.7 Å². The third-order valence-electron chi connectivity index (χ3n) is 3.80. The molecule has 1 heterocycles. The summed E-state index contributed by atoms with van der Waals surface area (Å²) >= 11 is 6.41. The molecule has 5 nitrogen and oxygen atoms in total. The van der Waals surface area contributed by atoms with Crippen molar-refractivity contribution in [2.45, 2.75) is 20.4 Å². The first-order chi connectivity index (χ1) is 12.6. The summed E-state index contributed by atoms with van der Waals surface area (Å²) in [5, 5.41) is 4.63. The van der Waals surface area contributed by atoms with E-state index in [4.69, 9.17) is 21.1 Å². The first-order valence-corrected chi connectivity index (χ1v) is 8.68. The first-order valence-electron chi connectivity index (χ1n) is 8.31. The van der Waals surface area contributed by atoms with Crippen LogP contribution in [0.25, 0.3) is 0 Å². The lowest BCUT2D eigenvalue weighted by Gasteiger charge is -2.10. The largest absolute Gasteiger partial charge is 0.490 e. The predicted octanol–water partition coefficient (Wildman–Crippen LogP) is 4.51. The molecule has 0 saturated heterocycles. The summed E-state index contributed by atoms with van der Waals surface area (Å²) in [5.74, 6) is 0.304. The summed E-state index contributed by atoms with van der Waals surface area (Å²) in [5.41, 5.74) is 1.82. The minimum absolute atomic E-state index is 0.255. The Morgan fingerprint density at radius 3 is 2.42 bits per heavy atom. The molecular formula is C20H19ClN2O3. The molecule has 0 N–H and O–H groups in total. The van der Waals surface area contributed by atoms with Crippen LogP contribution in [0, 0.1) is 6.92 Å². The number of ether oxygens (including phenoxy) is 2. The van der Waals surface area contributed by atoms with Gasteiger partial charge in [0.25, 0.3) is 0 Å². The van der Waals surface area contributed by atoms with Crippen molar-refractivity contribution in [1.29, 1.82) is 0 Å². The molecule has 0 aliphatic heterocycles. The molecule has 0 aliphatic carbocycles. The molecule has 0 atom stereocenters. The fourth-order valence-electron chi connectivity index (χ4n) is 2.61. The zero-order valence-corrected chi connectivity index (χ0v) is 15.4. The fraction of sp³-hybridized carbons (Fsp3) is 0.200. The zero-order valence-electron chi connectivity index (χ0n) is 14.6. The van der Waals surface area contributed by atoms with E-state index < -0.39 is 5.97 Å². The molecule has 26 heavy (non-hydrogen) atoms. The smallest absolute Gasteiger partial charge is 0.348 e. The number of para-hydroxylation sites is 2. The Balaban J connectivity index is 1.84. The van der Waals surface area contributed by atoms with Gasteiger partial charge in [-0.1, -0.05) is 54.1 Å². The van der Waals surface area contributed by atoms with E-state index in [1.54, 1.807) is 29.8 Å². The number of aryl methyl sites for hydroxylation is 1. The van der Waals surface area contributed by atoms with Crippen molar-refractivity contribution in [2.75, 3.05) is 6.61 Å². The van der Waals surface area contributed by atoms with E-state index in [0.29, 0.717) is 30.3 Å². The van der Waals surface area contributed by atoms with E-state index in [9.17, 15) is 4.79 Å². The molecule has 134 valence electrons. The van der Waals surface area contributed by atoms with Crippen molar-refractivity contribution in [2.24, 2.45) is 0 Å². The summed E-state index contributed by atoms with van der Waals surface area (Å²) in [4.78, 5) is 12.7. The van der Waals surface area contributed by atoms with Crippen molar-refractivity contribution in [1.82, 2.24) is 9.78 Å². The molecule has 6 heteroatoms. The molecule has 3 aromatic rings. The van der Waals surface area contributed by atoms with Crippen LogP contribution < -0.4 is 9.47 Å². The average molecular weight is 371 g/mol. The molecule has 0 radical (unpaired) electrons. The van der Waals surface area contributed by atoms with Crippen molar-refractivity contribution in [3.63, 3.8) is 0 Å². The Hall–Kier alpha value is -2.79. The van der Waals surface area contributed by atoms with E-state index in [1.807, 2.05) is 43.3 Å². The number of halogens is 1. The minimum atomic E-state index is -0.557. The topological polar surface area (TPSA) is 53.4 Å². The molecule has 0 spiro atoms. The molecule has 1 aromatic heterocycles. The molecular weight excluding hydrogens is 352 g/mol. The van der Waals surface area contributed by atoms with Crippen LogP contribution in [0.2, 0.25) is 5.15 Å². The SMILES string of the molecule is CCOc1ccccc1OC(=O)c1c(C)nn(Cc2ccccc2)c1Cl. The fourth-order valence-corrected chi connectivity index (χ4v) is 2.92. The predicted molar refractivity (Wildman–Crippen MR) is 100 cm³/mol. The normalized spacial score (nSPS) is 10.6. The number of rotatable bonds is 6. The van der Waals surface area contributed by atoms with E-state index in [0.717, 1.165) is 5.56 Å². The number of hydrogen-bond acceptors (Lipinski definition) is 4. The van der Waals surface area contributed by atoms with Crippen molar-refractivity contribution < 1.29 is 14.3 Å². The summed E-state index contributed by atoms with van der Waals surface area (Å²) < 4.78 is 12.6. The number of esters is 1. The Labute approximate surface area is 157 Å². The van der Waals surface area contributed by atoms with Gasteiger partial charge in [0.05, 0.1) is 18.8 Å². The van der Waals surface area contributed by atoms with Gasteiger partial charge in [-0.15, -0.1) is 0 Å². The number of nitrogens with zero attached hydrogens (tertiary/aromatic N) is 2. The maximum atomic E-state index is 12.7. The highest BCUT2D eigenvalue weighted by Gasteiger charge is 2.23. The highest BCUT2D eigenvalue weighted by molar-refractivity contribution is 6.32. The van der Waals surface area contributed by atoms with Crippen LogP contribution in [0.4, 0.5) is 0 Å². The van der Waals surface area contributed by atoms with Crippen LogP contribution in [-0.2, 0) is 6.54 Å². The number of benzene rings is 2. The van der Waals surface area contributed by atoms with Crippen molar-refractivity contribution >= 4 is 17.6 Å². The number of carbonyl (C=O) groups is 1. The summed E-state index contributed by atoms with van der Waals surface area (Å²) in [7, 11) is 0. The minimum Gasteiger partial charge on any atom is -0.490 e. The van der Waals surface area contributed by atoms with Gasteiger partial charge in [-0.3, -0.25) is 0 Å². The van der Waals surface area contributed by atoms with Crippen LogP contribution in [0.5, 0.6) is 11.5 Å². The standard InChI is InChI=1S/C20H19ClN2O3/c1-3-25-16-11-7-8-12-17(16)26-20(24)18-14(2)22-23(19(18)21)13-15-9-5-4-6-10-15/h4-12H,3,13H2,1-2H3. The van der Waals surface area contributed by atoms with Crippen molar-refractivity contribution in [3.05, 3.63) is 76.6 Å². The Morgan fingerprint density at radius 1 is 1.08 bits per heavy atom. The van der Waals surface area contributed by atoms with Gasteiger partial charge < -0.3 is 9.47 Å². The van der Waals surface area contributed by atoms with E-state index in [2.05, 4.69) is 5.10 Å². The lowest BCUT2D eigenvalue weighted by Crippen LogP contribution is -2.11. The number of hydrogen-bond donors (Lipinski definition) is 0. The molecule has 0 unspecified atom stereocenters. The molecule has 0 fully saturated rings. The van der Waals surface area contributed by atoms with Crippen LogP contribution in [0.1, 0.15) is 28.5 Å². The first kappa shape index (κ1) is 18.0. The van der Waals surface area contributed by atoms with Gasteiger partial charge >= 0.3 is 5.97 Å². The monoisotopic (exact) mass is 370 g/mol. The lowest BCUT2D eigenvalue weighted by atomic mass is 10.2. The Bertz CT molecular complexity index is 907. The van der Waals surface area contributed by atoms with Gasteiger partial charge in [0.2, 0.25) is 0 Å². The third-order valence-corrected chi connectivity index (χ3v) is 4.18. The van der Waals surface area contributed by atoms with Gasteiger partial charge in [0, 0.05) is 0 Å². The maximum absolute atomic E-state index is 12.7. The van der Waals surface area contributed by atoms with Crippen LogP contribution in [-0.4, -0.2) is 22.4 Å². The lowest BCUT2D eigenvalue weighted by molar-refractivity contribution is 0.0728. The molecule has 0 amide bonds. The quantitative estimate of drug-likeness (QED) is 0.473. The second kappa shape index (κ2) is 8.06. The molecule has 0 aliphatic rings. The number of carbonyl (C=O) groups excluding carboxylic acids is 1. The number of aromatic nitrogens is 2. The highest BCUT2D eigenvalue weighted by Crippen LogP contribution is 2.29. The van der Waals surface area contributed by atoms with Crippen LogP contribution in [0.15, 0.2) is 54.6 Å². The Morgan fingerprint density at radius 2 is 1.73 bits per heavy atom. The van der Waals surface area contributed by atoms with Crippen molar-refractivity contribution in [3.8, 4) is 11.5 Å². The average Bonchev–Trinajstić information content (AvgIpc) is 2.91. The molecule has 0 saturated carbocycles. The van der Waals surface area contributed by atoms with Crippen LogP contribution in [0.3, 0.4) is 0 Å². The summed E-state index contributed by atoms with van der Waals surface area (Å²) in [6, 6.07) is 16.8. The van der Waals surface area contributed by atoms with E-state index >= 15 is 0 Å². The van der Waals surface area contributed by atoms with Crippen LogP contribution >= 0.6 is 11.6 Å². The zero-order chi connectivity index (χ0) is 18.5. The summed E-state index contributed by atoms with van der Waals surface area (Å²) in [6.07, 6.45) is 0. The van der Waals surface area contributed by atoms with E-state index in [1.165, 1.54) is 0 Å². The third kappa shape index (κ3) is 3.89. The molecule has 3 rings (SSSR count). The highest BCUT2D eigenvalue weighted by atomic mass is 35.5.